The minimum atomic E-state index is -4.13. The molecule has 8 heteroatoms. The quantitative estimate of drug-likeness (QED) is 0.657. The molecule has 0 aliphatic rings. The second kappa shape index (κ2) is 7.85. The van der Waals surface area contributed by atoms with E-state index in [1.807, 2.05) is 13.8 Å². The van der Waals surface area contributed by atoms with Crippen LogP contribution >= 0.6 is 0 Å². The zero-order valence-corrected chi connectivity index (χ0v) is 14.4. The van der Waals surface area contributed by atoms with Crippen LogP contribution in [0.25, 0.3) is 0 Å². The van der Waals surface area contributed by atoms with E-state index in [2.05, 4.69) is 10.0 Å². The number of hydrogen-bond acceptors (Lipinski definition) is 4. The Hall–Kier alpha value is -1.51. The number of amides is 1. The summed E-state index contributed by atoms with van der Waals surface area (Å²) in [7, 11) is -4.13. The summed E-state index contributed by atoms with van der Waals surface area (Å²) in [4.78, 5) is 11.8. The first-order valence-corrected chi connectivity index (χ1v) is 8.98. The van der Waals surface area contributed by atoms with Crippen LogP contribution in [0, 0.1) is 5.82 Å². The number of halogens is 1. The van der Waals surface area contributed by atoms with Gasteiger partial charge in [-0.05, 0) is 31.9 Å². The van der Waals surface area contributed by atoms with E-state index >= 15 is 0 Å². The van der Waals surface area contributed by atoms with E-state index in [1.165, 1.54) is 19.1 Å². The highest BCUT2D eigenvalue weighted by molar-refractivity contribution is 7.89. The zero-order valence-electron chi connectivity index (χ0n) is 13.6. The van der Waals surface area contributed by atoms with Crippen LogP contribution in [0.15, 0.2) is 29.2 Å². The summed E-state index contributed by atoms with van der Waals surface area (Å²) in [5, 5.41) is 2.78. The molecule has 1 atom stereocenters. The number of rotatable bonds is 8. The lowest BCUT2D eigenvalue weighted by Gasteiger charge is -2.32. The maximum Gasteiger partial charge on any atom is 0.244 e. The van der Waals surface area contributed by atoms with Crippen LogP contribution in [0.5, 0.6) is 0 Å². The van der Waals surface area contributed by atoms with Crippen molar-refractivity contribution in [3.8, 4) is 0 Å². The van der Waals surface area contributed by atoms with Gasteiger partial charge >= 0.3 is 0 Å². The molecule has 1 aromatic carbocycles. The lowest BCUT2D eigenvalue weighted by atomic mass is 9.92. The molecule has 0 aliphatic carbocycles. The van der Waals surface area contributed by atoms with E-state index in [0.717, 1.165) is 12.1 Å². The summed E-state index contributed by atoms with van der Waals surface area (Å²) in [5.41, 5.74) is 5.14. The van der Waals surface area contributed by atoms with Gasteiger partial charge in [-0.1, -0.05) is 26.0 Å². The van der Waals surface area contributed by atoms with Gasteiger partial charge in [0.05, 0.1) is 11.6 Å². The highest BCUT2D eigenvalue weighted by Crippen LogP contribution is 2.15. The van der Waals surface area contributed by atoms with Crippen molar-refractivity contribution >= 4 is 15.9 Å². The number of nitrogens with two attached hydrogens (primary N) is 1. The second-order valence-corrected chi connectivity index (χ2v) is 7.14. The molecule has 130 valence electrons. The molecule has 0 bridgehead atoms. The minimum absolute atomic E-state index is 0.249. The number of benzene rings is 1. The van der Waals surface area contributed by atoms with Crippen molar-refractivity contribution in [2.45, 2.75) is 50.1 Å². The van der Waals surface area contributed by atoms with Crippen LogP contribution in [0.1, 0.15) is 33.6 Å². The van der Waals surface area contributed by atoms with Crippen molar-refractivity contribution in [2.24, 2.45) is 5.73 Å². The topological polar surface area (TPSA) is 101 Å². The molecule has 1 rings (SSSR count). The molecular formula is C15H24FN3O3S. The van der Waals surface area contributed by atoms with Gasteiger partial charge in [-0.25, -0.2) is 12.8 Å². The van der Waals surface area contributed by atoms with Crippen molar-refractivity contribution in [1.82, 2.24) is 10.0 Å². The summed E-state index contributed by atoms with van der Waals surface area (Å²) >= 11 is 0. The fraction of sp³-hybridized carbons (Fsp3) is 0.533. The molecule has 0 aliphatic heterocycles. The van der Waals surface area contributed by atoms with Crippen molar-refractivity contribution in [3.63, 3.8) is 0 Å². The standard InChI is InChI=1S/C15H24FN3O3S/c1-4-15(5-2,10-17)18-14(20)11(3)19-23(21,22)13-9-7-6-8-12(13)16/h6-9,11,19H,4-5,10,17H2,1-3H3,(H,18,20). The van der Waals surface area contributed by atoms with Gasteiger partial charge in [0.2, 0.25) is 15.9 Å². The van der Waals surface area contributed by atoms with E-state index in [4.69, 9.17) is 5.73 Å². The number of hydrogen-bond donors (Lipinski definition) is 3. The van der Waals surface area contributed by atoms with Gasteiger partial charge in [-0.15, -0.1) is 0 Å². The smallest absolute Gasteiger partial charge is 0.244 e. The Morgan fingerprint density at radius 3 is 2.35 bits per heavy atom. The summed E-state index contributed by atoms with van der Waals surface area (Å²) in [6, 6.07) is 3.94. The number of nitrogens with one attached hydrogen (secondary N) is 2. The lowest BCUT2D eigenvalue weighted by molar-refractivity contribution is -0.124. The van der Waals surface area contributed by atoms with Crippen LogP contribution in [0.3, 0.4) is 0 Å². The van der Waals surface area contributed by atoms with Gasteiger partial charge in [0.25, 0.3) is 0 Å². The number of carbonyl (C=O) groups is 1. The van der Waals surface area contributed by atoms with Gasteiger partial charge in [0.1, 0.15) is 10.7 Å². The molecule has 1 unspecified atom stereocenters. The molecule has 0 aromatic heterocycles. The molecule has 0 spiro atoms. The molecule has 1 amide bonds. The lowest BCUT2D eigenvalue weighted by Crippen LogP contribution is -2.57. The second-order valence-electron chi connectivity index (χ2n) is 5.45. The fourth-order valence-electron chi connectivity index (χ4n) is 2.15. The van der Waals surface area contributed by atoms with Crippen LogP contribution in [-0.2, 0) is 14.8 Å². The third-order valence-electron chi connectivity index (χ3n) is 3.98. The van der Waals surface area contributed by atoms with Gasteiger partial charge in [0.15, 0.2) is 0 Å². The molecule has 0 heterocycles. The van der Waals surface area contributed by atoms with E-state index in [0.29, 0.717) is 12.8 Å². The van der Waals surface area contributed by atoms with Crippen molar-refractivity contribution in [2.75, 3.05) is 6.54 Å². The highest BCUT2D eigenvalue weighted by atomic mass is 32.2. The Morgan fingerprint density at radius 2 is 1.87 bits per heavy atom. The Labute approximate surface area is 136 Å². The molecule has 23 heavy (non-hydrogen) atoms. The van der Waals surface area contributed by atoms with Crippen LogP contribution in [-0.4, -0.2) is 32.5 Å². The molecule has 1 aromatic rings. The third kappa shape index (κ3) is 4.73. The first kappa shape index (κ1) is 19.5. The first-order valence-electron chi connectivity index (χ1n) is 7.50. The number of carbonyl (C=O) groups excluding carboxylic acids is 1. The van der Waals surface area contributed by atoms with E-state index in [-0.39, 0.29) is 6.54 Å². The van der Waals surface area contributed by atoms with Gasteiger partial charge in [0, 0.05) is 6.54 Å². The van der Waals surface area contributed by atoms with Gasteiger partial charge in [-0.2, -0.15) is 4.72 Å². The summed E-state index contributed by atoms with van der Waals surface area (Å²) in [6.07, 6.45) is 1.25. The average Bonchev–Trinajstić information content (AvgIpc) is 2.52. The largest absolute Gasteiger partial charge is 0.348 e. The SMILES string of the molecule is CCC(CC)(CN)NC(=O)C(C)NS(=O)(=O)c1ccccc1F. The van der Waals surface area contributed by atoms with Crippen LogP contribution < -0.4 is 15.8 Å². The van der Waals surface area contributed by atoms with E-state index < -0.39 is 38.2 Å². The molecular weight excluding hydrogens is 321 g/mol. The molecule has 0 saturated carbocycles. The molecule has 0 radical (unpaired) electrons. The Morgan fingerprint density at radius 1 is 1.30 bits per heavy atom. The van der Waals surface area contributed by atoms with Gasteiger partial charge < -0.3 is 11.1 Å². The average molecular weight is 345 g/mol. The molecule has 0 fully saturated rings. The maximum absolute atomic E-state index is 13.6. The normalized spacial score (nSPS) is 13.6. The Bertz CT molecular complexity index is 637. The van der Waals surface area contributed by atoms with E-state index in [9.17, 15) is 17.6 Å². The van der Waals surface area contributed by atoms with Crippen molar-refractivity contribution < 1.29 is 17.6 Å². The first-order chi connectivity index (χ1) is 10.7. The van der Waals surface area contributed by atoms with Gasteiger partial charge in [-0.3, -0.25) is 4.79 Å². The monoisotopic (exact) mass is 345 g/mol. The van der Waals surface area contributed by atoms with Crippen molar-refractivity contribution in [3.05, 3.63) is 30.1 Å². The van der Waals surface area contributed by atoms with E-state index in [1.54, 1.807) is 0 Å². The fourth-order valence-corrected chi connectivity index (χ4v) is 3.43. The summed E-state index contributed by atoms with van der Waals surface area (Å²) in [6.45, 7) is 5.44. The maximum atomic E-state index is 13.6. The summed E-state index contributed by atoms with van der Waals surface area (Å²) in [5.74, 6) is -1.37. The molecule has 0 saturated heterocycles. The van der Waals surface area contributed by atoms with Crippen LogP contribution in [0.4, 0.5) is 4.39 Å². The predicted octanol–water partition coefficient (Wildman–Crippen LogP) is 1.13. The molecule has 6 nitrogen and oxygen atoms in total. The summed E-state index contributed by atoms with van der Waals surface area (Å²) < 4.78 is 40.2. The zero-order chi connectivity index (χ0) is 17.7. The molecule has 4 N–H and O–H groups in total. The third-order valence-corrected chi connectivity index (χ3v) is 5.56. The predicted molar refractivity (Wildman–Crippen MR) is 86.7 cm³/mol. The Balaban J connectivity index is 2.88. The van der Waals surface area contributed by atoms with Crippen LogP contribution in [0.2, 0.25) is 0 Å². The van der Waals surface area contributed by atoms with Crippen molar-refractivity contribution in [1.29, 1.82) is 0 Å². The highest BCUT2D eigenvalue weighted by Gasteiger charge is 2.30. The Kier molecular flexibility index (Phi) is 6.67. The minimum Gasteiger partial charge on any atom is -0.348 e. The number of sulfonamides is 1.